The maximum atomic E-state index is 13.0. The molecule has 1 saturated heterocycles. The van der Waals surface area contributed by atoms with Gasteiger partial charge in [-0.25, -0.2) is 5.01 Å². The van der Waals surface area contributed by atoms with Crippen LogP contribution in [0.4, 0.5) is 0 Å². The second-order valence-corrected chi connectivity index (χ2v) is 8.05. The largest absolute Gasteiger partial charge is 0.271 e. The topological polar surface area (TPSA) is 35.9 Å². The Labute approximate surface area is 182 Å². The number of benzene rings is 3. The van der Waals surface area contributed by atoms with E-state index in [4.69, 9.17) is 16.7 Å². The van der Waals surface area contributed by atoms with E-state index in [1.165, 1.54) is 5.56 Å². The molecular formula is C25H24ClN3O. The Hall–Kier alpha value is -2.95. The lowest BCUT2D eigenvalue weighted by Gasteiger charge is -2.28. The van der Waals surface area contributed by atoms with Crippen molar-refractivity contribution >= 4 is 23.2 Å². The van der Waals surface area contributed by atoms with Crippen LogP contribution in [-0.2, 0) is 11.3 Å². The minimum absolute atomic E-state index is 0.0256. The van der Waals surface area contributed by atoms with Crippen LogP contribution >= 0.6 is 11.6 Å². The second kappa shape index (κ2) is 8.82. The fourth-order valence-electron chi connectivity index (χ4n) is 3.73. The summed E-state index contributed by atoms with van der Waals surface area (Å²) in [5, 5.41) is 7.00. The lowest BCUT2D eigenvalue weighted by atomic mass is 10.1. The van der Waals surface area contributed by atoms with Crippen molar-refractivity contribution in [3.05, 3.63) is 106 Å². The first-order chi connectivity index (χ1) is 14.5. The molecule has 3 aromatic rings. The van der Waals surface area contributed by atoms with Crippen molar-refractivity contribution < 1.29 is 4.79 Å². The molecule has 1 fully saturated rings. The van der Waals surface area contributed by atoms with Crippen molar-refractivity contribution in [2.45, 2.75) is 26.6 Å². The summed E-state index contributed by atoms with van der Waals surface area (Å²) in [6.45, 7) is 4.94. The van der Waals surface area contributed by atoms with Crippen LogP contribution in [0.1, 0.15) is 35.3 Å². The Morgan fingerprint density at radius 1 is 1.03 bits per heavy atom. The van der Waals surface area contributed by atoms with E-state index in [0.29, 0.717) is 18.1 Å². The lowest BCUT2D eigenvalue weighted by molar-refractivity contribution is -0.128. The molecule has 0 N–H and O–H groups in total. The highest BCUT2D eigenvalue weighted by Crippen LogP contribution is 2.34. The average molecular weight is 418 g/mol. The number of carbonyl (C=O) groups excluding carboxylic acids is 1. The molecule has 0 bridgehead atoms. The smallest absolute Gasteiger partial charge is 0.258 e. The Morgan fingerprint density at radius 3 is 2.47 bits per heavy atom. The van der Waals surface area contributed by atoms with Gasteiger partial charge in [-0.1, -0.05) is 83.9 Å². The molecule has 0 aliphatic carbocycles. The van der Waals surface area contributed by atoms with Gasteiger partial charge in [-0.3, -0.25) is 9.69 Å². The molecule has 0 unspecified atom stereocenters. The van der Waals surface area contributed by atoms with Gasteiger partial charge in [0, 0.05) is 11.6 Å². The van der Waals surface area contributed by atoms with Crippen LogP contribution in [0.3, 0.4) is 0 Å². The average Bonchev–Trinajstić information content (AvgIpc) is 3.04. The summed E-state index contributed by atoms with van der Waals surface area (Å²) in [4.78, 5) is 15.1. The van der Waals surface area contributed by atoms with Crippen molar-refractivity contribution in [2.75, 3.05) is 6.54 Å². The van der Waals surface area contributed by atoms with Crippen LogP contribution in [0.2, 0.25) is 5.02 Å². The number of carbonyl (C=O) groups is 1. The van der Waals surface area contributed by atoms with Gasteiger partial charge >= 0.3 is 0 Å². The van der Waals surface area contributed by atoms with Crippen molar-refractivity contribution in [2.24, 2.45) is 5.10 Å². The number of hydrogen-bond donors (Lipinski definition) is 0. The second-order valence-electron chi connectivity index (χ2n) is 7.61. The van der Waals surface area contributed by atoms with Crippen molar-refractivity contribution in [1.82, 2.24) is 9.91 Å². The van der Waals surface area contributed by atoms with E-state index in [0.717, 1.165) is 22.4 Å². The normalized spacial score (nSPS) is 17.6. The van der Waals surface area contributed by atoms with Gasteiger partial charge in [0.25, 0.3) is 5.91 Å². The maximum absolute atomic E-state index is 13.0. The quantitative estimate of drug-likeness (QED) is 0.520. The molecule has 1 amide bonds. The molecule has 152 valence electrons. The predicted molar refractivity (Wildman–Crippen MR) is 121 cm³/mol. The van der Waals surface area contributed by atoms with Crippen molar-refractivity contribution in [3.8, 4) is 0 Å². The minimum Gasteiger partial charge on any atom is -0.271 e. The van der Waals surface area contributed by atoms with E-state index in [9.17, 15) is 4.79 Å². The molecule has 0 saturated carbocycles. The van der Waals surface area contributed by atoms with Crippen LogP contribution < -0.4 is 0 Å². The molecule has 1 heterocycles. The number of aryl methyl sites for hydroxylation is 1. The summed E-state index contributed by atoms with van der Waals surface area (Å²) in [7, 11) is 0. The van der Waals surface area contributed by atoms with Crippen LogP contribution in [-0.4, -0.2) is 28.1 Å². The fourth-order valence-corrected chi connectivity index (χ4v) is 3.93. The first kappa shape index (κ1) is 20.3. The van der Waals surface area contributed by atoms with Gasteiger partial charge in [0.05, 0.1) is 12.3 Å². The van der Waals surface area contributed by atoms with E-state index in [1.807, 2.05) is 61.5 Å². The third-order valence-electron chi connectivity index (χ3n) is 5.27. The molecule has 0 radical (unpaired) electrons. The number of rotatable bonds is 5. The standard InChI is InChI=1S/C25H24ClN3O/c1-18-11-13-21(14-12-18)19(2)27-29-24(30)17-28(16-20-7-4-3-5-8-20)25(29)22-9-6-10-23(26)15-22/h3-15,25H,16-17H2,1-2H3/b27-19-/t25-/m0/s1. The van der Waals surface area contributed by atoms with Gasteiger partial charge in [-0.2, -0.15) is 5.10 Å². The van der Waals surface area contributed by atoms with Crippen molar-refractivity contribution in [1.29, 1.82) is 0 Å². The summed E-state index contributed by atoms with van der Waals surface area (Å²) in [5.74, 6) is -0.0256. The number of halogens is 1. The number of nitrogens with zero attached hydrogens (tertiary/aromatic N) is 3. The summed E-state index contributed by atoms with van der Waals surface area (Å²) in [6, 6.07) is 26.0. The van der Waals surface area contributed by atoms with Crippen LogP contribution in [0.25, 0.3) is 0 Å². The van der Waals surface area contributed by atoms with Gasteiger partial charge in [-0.05, 0) is 42.7 Å². The van der Waals surface area contributed by atoms with Crippen LogP contribution in [0.5, 0.6) is 0 Å². The molecule has 0 aromatic heterocycles. The Balaban J connectivity index is 1.71. The SMILES string of the molecule is C/C(=N/N1C(=O)CN(Cc2ccccc2)[C@@H]1c1cccc(Cl)c1)c1ccc(C)cc1. The molecule has 0 spiro atoms. The number of amides is 1. The third-order valence-corrected chi connectivity index (χ3v) is 5.51. The summed E-state index contributed by atoms with van der Waals surface area (Å²) < 4.78 is 0. The lowest BCUT2D eigenvalue weighted by Crippen LogP contribution is -2.29. The predicted octanol–water partition coefficient (Wildman–Crippen LogP) is 5.42. The molecule has 4 nitrogen and oxygen atoms in total. The summed E-state index contributed by atoms with van der Waals surface area (Å²) >= 11 is 6.27. The zero-order chi connectivity index (χ0) is 21.1. The molecule has 1 aliphatic heterocycles. The van der Waals surface area contributed by atoms with Crippen LogP contribution in [0, 0.1) is 6.92 Å². The fraction of sp³-hybridized carbons (Fsp3) is 0.200. The van der Waals surface area contributed by atoms with E-state index < -0.39 is 0 Å². The molecule has 1 atom stereocenters. The highest BCUT2D eigenvalue weighted by atomic mass is 35.5. The van der Waals surface area contributed by atoms with E-state index in [1.54, 1.807) is 5.01 Å². The summed E-state index contributed by atoms with van der Waals surface area (Å²) in [6.07, 6.45) is -0.309. The highest BCUT2D eigenvalue weighted by Gasteiger charge is 2.39. The zero-order valence-electron chi connectivity index (χ0n) is 17.1. The Morgan fingerprint density at radius 2 is 1.77 bits per heavy atom. The van der Waals surface area contributed by atoms with Gasteiger partial charge < -0.3 is 0 Å². The third kappa shape index (κ3) is 4.45. The number of hydrazone groups is 1. The van der Waals surface area contributed by atoms with Crippen LogP contribution in [0.15, 0.2) is 84.0 Å². The van der Waals surface area contributed by atoms with E-state index in [-0.39, 0.29) is 12.1 Å². The van der Waals surface area contributed by atoms with Gasteiger partial charge in [0.15, 0.2) is 0 Å². The van der Waals surface area contributed by atoms with Gasteiger partial charge in [-0.15, -0.1) is 0 Å². The molecule has 4 rings (SSSR count). The minimum atomic E-state index is -0.309. The van der Waals surface area contributed by atoms with Crippen molar-refractivity contribution in [3.63, 3.8) is 0 Å². The van der Waals surface area contributed by atoms with Gasteiger partial charge in [0.2, 0.25) is 0 Å². The van der Waals surface area contributed by atoms with Gasteiger partial charge in [0.1, 0.15) is 6.17 Å². The molecular weight excluding hydrogens is 394 g/mol. The van der Waals surface area contributed by atoms with E-state index >= 15 is 0 Å². The first-order valence-electron chi connectivity index (χ1n) is 9.99. The summed E-state index contributed by atoms with van der Waals surface area (Å²) in [5.41, 5.74) is 5.09. The Bertz CT molecular complexity index is 1060. The maximum Gasteiger partial charge on any atom is 0.258 e. The monoisotopic (exact) mass is 417 g/mol. The molecule has 1 aliphatic rings. The molecule has 3 aromatic carbocycles. The zero-order valence-corrected chi connectivity index (χ0v) is 17.9. The first-order valence-corrected chi connectivity index (χ1v) is 10.4. The number of hydrogen-bond acceptors (Lipinski definition) is 3. The van der Waals surface area contributed by atoms with E-state index in [2.05, 4.69) is 36.1 Å². The highest BCUT2D eigenvalue weighted by molar-refractivity contribution is 6.30. The molecule has 5 heteroatoms. The molecule has 30 heavy (non-hydrogen) atoms. The Kier molecular flexibility index (Phi) is 5.98.